The highest BCUT2D eigenvalue weighted by Gasteiger charge is 2.38. The second kappa shape index (κ2) is 5.79. The van der Waals surface area contributed by atoms with Crippen LogP contribution < -0.4 is 10.2 Å². The van der Waals surface area contributed by atoms with Crippen LogP contribution >= 0.6 is 0 Å². The van der Waals surface area contributed by atoms with Crippen molar-refractivity contribution in [2.24, 2.45) is 0 Å². The summed E-state index contributed by atoms with van der Waals surface area (Å²) in [7, 11) is 0. The van der Waals surface area contributed by atoms with E-state index in [0.717, 1.165) is 11.4 Å². The number of furan rings is 1. The molecule has 0 saturated heterocycles. The Bertz CT molecular complexity index is 722. The Morgan fingerprint density at radius 2 is 2.04 bits per heavy atom. The summed E-state index contributed by atoms with van der Waals surface area (Å²) in [5.41, 5.74) is 0.958. The predicted octanol–water partition coefficient (Wildman–Crippen LogP) is 2.67. The summed E-state index contributed by atoms with van der Waals surface area (Å²) in [5.74, 6) is -0.451. The van der Waals surface area contributed by atoms with E-state index in [4.69, 9.17) is 9.15 Å². The Hall–Kier alpha value is -2.76. The zero-order valence-electron chi connectivity index (χ0n) is 13.0. The molecule has 2 aromatic rings. The maximum Gasteiger partial charge on any atom is 0.374 e. The number of amides is 1. The topological polar surface area (TPSA) is 71.8 Å². The number of carbonyl (C=O) groups is 2. The number of nitrogens with one attached hydrogen (secondary N) is 1. The average molecular weight is 314 g/mol. The molecule has 6 nitrogen and oxygen atoms in total. The largest absolute Gasteiger partial charge is 0.458 e. The summed E-state index contributed by atoms with van der Waals surface area (Å²) in [6.45, 7) is 4.03. The molecule has 0 atom stereocenters. The van der Waals surface area contributed by atoms with Crippen LogP contribution in [0.25, 0.3) is 0 Å². The summed E-state index contributed by atoms with van der Waals surface area (Å²) < 4.78 is 10.2. The molecule has 0 spiro atoms. The molecule has 0 radical (unpaired) electrons. The predicted molar refractivity (Wildman–Crippen MR) is 85.5 cm³/mol. The molecular formula is C17H18N2O4. The third-order valence-electron chi connectivity index (χ3n) is 3.69. The Morgan fingerprint density at radius 3 is 2.78 bits per heavy atom. The standard InChI is InChI=1S/C17H18N2O4/c1-17(2)16(21)19(13-7-4-3-6-12(13)18-17)9-11-23-15(20)14-8-5-10-22-14/h3-8,10,18H,9,11H2,1-2H3. The first-order valence-corrected chi connectivity index (χ1v) is 7.39. The summed E-state index contributed by atoms with van der Waals surface area (Å²) in [6.07, 6.45) is 1.41. The highest BCUT2D eigenvalue weighted by atomic mass is 16.5. The van der Waals surface area contributed by atoms with E-state index in [1.807, 2.05) is 38.1 Å². The number of nitrogens with zero attached hydrogens (tertiary/aromatic N) is 1. The lowest BCUT2D eigenvalue weighted by Crippen LogP contribution is -2.54. The molecule has 6 heteroatoms. The SMILES string of the molecule is CC1(C)Nc2ccccc2N(CCOC(=O)c2ccco2)C1=O. The maximum absolute atomic E-state index is 12.6. The van der Waals surface area contributed by atoms with Gasteiger partial charge in [0.05, 0.1) is 24.2 Å². The van der Waals surface area contributed by atoms with Crippen molar-refractivity contribution in [1.29, 1.82) is 0 Å². The van der Waals surface area contributed by atoms with Gasteiger partial charge in [-0.2, -0.15) is 0 Å². The molecule has 1 aromatic carbocycles. The number of hydrogen-bond acceptors (Lipinski definition) is 5. The van der Waals surface area contributed by atoms with E-state index < -0.39 is 11.5 Å². The van der Waals surface area contributed by atoms with Crippen molar-refractivity contribution in [3.8, 4) is 0 Å². The fourth-order valence-corrected chi connectivity index (χ4v) is 2.57. The van der Waals surface area contributed by atoms with Crippen LogP contribution in [0.3, 0.4) is 0 Å². The third-order valence-corrected chi connectivity index (χ3v) is 3.69. The second-order valence-corrected chi connectivity index (χ2v) is 5.84. The van der Waals surface area contributed by atoms with E-state index in [2.05, 4.69) is 5.32 Å². The van der Waals surface area contributed by atoms with E-state index in [0.29, 0.717) is 0 Å². The molecule has 0 fully saturated rings. The van der Waals surface area contributed by atoms with Gasteiger partial charge in [0, 0.05) is 0 Å². The molecule has 3 rings (SSSR count). The summed E-state index contributed by atoms with van der Waals surface area (Å²) in [6, 6.07) is 10.7. The zero-order chi connectivity index (χ0) is 16.4. The van der Waals surface area contributed by atoms with E-state index >= 15 is 0 Å². The number of benzene rings is 1. The lowest BCUT2D eigenvalue weighted by Gasteiger charge is -2.39. The molecule has 1 aliphatic rings. The van der Waals surface area contributed by atoms with Gasteiger partial charge in [-0.3, -0.25) is 4.79 Å². The van der Waals surface area contributed by atoms with Crippen molar-refractivity contribution in [3.05, 3.63) is 48.4 Å². The van der Waals surface area contributed by atoms with E-state index in [9.17, 15) is 9.59 Å². The smallest absolute Gasteiger partial charge is 0.374 e. The van der Waals surface area contributed by atoms with Crippen molar-refractivity contribution >= 4 is 23.3 Å². The van der Waals surface area contributed by atoms with Crippen molar-refractivity contribution in [3.63, 3.8) is 0 Å². The van der Waals surface area contributed by atoms with Crippen LogP contribution in [0, 0.1) is 0 Å². The molecule has 2 heterocycles. The molecule has 1 aliphatic heterocycles. The van der Waals surface area contributed by atoms with Gasteiger partial charge in [-0.25, -0.2) is 4.79 Å². The van der Waals surface area contributed by atoms with Crippen LogP contribution in [0.5, 0.6) is 0 Å². The van der Waals surface area contributed by atoms with E-state index in [1.165, 1.54) is 12.3 Å². The zero-order valence-corrected chi connectivity index (χ0v) is 13.0. The summed E-state index contributed by atoms with van der Waals surface area (Å²) in [4.78, 5) is 26.0. The number of ether oxygens (including phenoxy) is 1. The van der Waals surface area contributed by atoms with Gasteiger partial charge in [-0.1, -0.05) is 12.1 Å². The van der Waals surface area contributed by atoms with Crippen LogP contribution in [0.15, 0.2) is 47.1 Å². The minimum absolute atomic E-state index is 0.0646. The van der Waals surface area contributed by atoms with Gasteiger partial charge >= 0.3 is 5.97 Å². The lowest BCUT2D eigenvalue weighted by atomic mass is 9.98. The van der Waals surface area contributed by atoms with Crippen LogP contribution in [-0.2, 0) is 9.53 Å². The Kier molecular flexibility index (Phi) is 3.82. The Morgan fingerprint density at radius 1 is 1.26 bits per heavy atom. The van der Waals surface area contributed by atoms with E-state index in [-0.39, 0.29) is 24.8 Å². The number of esters is 1. The molecule has 120 valence electrons. The quantitative estimate of drug-likeness (QED) is 0.879. The molecule has 0 aliphatic carbocycles. The van der Waals surface area contributed by atoms with Gasteiger partial charge in [0.25, 0.3) is 5.91 Å². The van der Waals surface area contributed by atoms with Crippen LogP contribution in [0.4, 0.5) is 11.4 Å². The molecule has 0 saturated carbocycles. The number of rotatable bonds is 4. The van der Waals surface area contributed by atoms with Crippen molar-refractivity contribution < 1.29 is 18.7 Å². The second-order valence-electron chi connectivity index (χ2n) is 5.84. The normalized spacial score (nSPS) is 15.7. The highest BCUT2D eigenvalue weighted by Crippen LogP contribution is 2.34. The molecule has 1 amide bonds. The first-order valence-electron chi connectivity index (χ1n) is 7.39. The van der Waals surface area contributed by atoms with Crippen molar-refractivity contribution in [1.82, 2.24) is 0 Å². The fraction of sp³-hybridized carbons (Fsp3) is 0.294. The molecule has 23 heavy (non-hydrogen) atoms. The van der Waals surface area contributed by atoms with Gasteiger partial charge < -0.3 is 19.4 Å². The van der Waals surface area contributed by atoms with Crippen molar-refractivity contribution in [2.75, 3.05) is 23.4 Å². The highest BCUT2D eigenvalue weighted by molar-refractivity contribution is 6.07. The number of para-hydroxylation sites is 2. The summed E-state index contributed by atoms with van der Waals surface area (Å²) >= 11 is 0. The van der Waals surface area contributed by atoms with Gasteiger partial charge in [0.15, 0.2) is 0 Å². The van der Waals surface area contributed by atoms with Gasteiger partial charge in [0.2, 0.25) is 5.76 Å². The number of anilines is 2. The Balaban J connectivity index is 1.71. The lowest BCUT2D eigenvalue weighted by molar-refractivity contribution is -0.122. The first-order chi connectivity index (χ1) is 11.0. The van der Waals surface area contributed by atoms with Gasteiger partial charge in [-0.15, -0.1) is 0 Å². The fourth-order valence-electron chi connectivity index (χ4n) is 2.57. The molecule has 0 bridgehead atoms. The van der Waals surface area contributed by atoms with Crippen LogP contribution in [-0.4, -0.2) is 30.6 Å². The van der Waals surface area contributed by atoms with Crippen molar-refractivity contribution in [2.45, 2.75) is 19.4 Å². The molecule has 0 unspecified atom stereocenters. The number of hydrogen-bond donors (Lipinski definition) is 1. The van der Waals surface area contributed by atoms with Crippen LogP contribution in [0.1, 0.15) is 24.4 Å². The Labute approximate surface area is 134 Å². The van der Waals surface area contributed by atoms with Crippen LogP contribution in [0.2, 0.25) is 0 Å². The monoisotopic (exact) mass is 314 g/mol. The van der Waals surface area contributed by atoms with E-state index in [1.54, 1.807) is 11.0 Å². The molecular weight excluding hydrogens is 296 g/mol. The number of carbonyl (C=O) groups excluding carboxylic acids is 2. The summed E-state index contributed by atoms with van der Waals surface area (Å²) in [5, 5.41) is 3.22. The molecule has 1 aromatic heterocycles. The van der Waals surface area contributed by atoms with Gasteiger partial charge in [-0.05, 0) is 38.1 Å². The van der Waals surface area contributed by atoms with Gasteiger partial charge in [0.1, 0.15) is 12.1 Å². The number of fused-ring (bicyclic) bond motifs is 1. The third kappa shape index (κ3) is 2.92. The minimum Gasteiger partial charge on any atom is -0.458 e. The first kappa shape index (κ1) is 15.1. The maximum atomic E-state index is 12.6. The minimum atomic E-state index is -0.709. The molecule has 1 N–H and O–H groups in total. The average Bonchev–Trinajstić information content (AvgIpc) is 3.05.